The Morgan fingerprint density at radius 3 is 1.97 bits per heavy atom. The van der Waals surface area contributed by atoms with Crippen LogP contribution in [0.5, 0.6) is 11.5 Å². The van der Waals surface area contributed by atoms with Crippen molar-refractivity contribution in [3.63, 3.8) is 0 Å². The highest BCUT2D eigenvalue weighted by Gasteiger charge is 2.55. The molecule has 2 heterocycles. The van der Waals surface area contributed by atoms with Gasteiger partial charge in [-0.1, -0.05) is 75.4 Å². The van der Waals surface area contributed by atoms with E-state index in [1.165, 1.54) is 11.5 Å². The second kappa shape index (κ2) is 20.6. The Balaban J connectivity index is 1.77. The van der Waals surface area contributed by atoms with Crippen molar-refractivity contribution in [1.29, 1.82) is 5.26 Å². The molecule has 4 aromatic rings. The molecule has 340 valence electrons. The third-order valence-electron chi connectivity index (χ3n) is 12.5. The molecular weight excluding hydrogens is 838 g/mol. The number of hydrogen-bond acceptors (Lipinski definition) is 12. The van der Waals surface area contributed by atoms with Crippen LogP contribution in [-0.2, 0) is 24.3 Å². The van der Waals surface area contributed by atoms with Crippen LogP contribution in [0.2, 0.25) is 18.1 Å². The zero-order chi connectivity index (χ0) is 46.3. The predicted molar refractivity (Wildman–Crippen MR) is 247 cm³/mol. The van der Waals surface area contributed by atoms with Crippen molar-refractivity contribution in [1.82, 2.24) is 14.2 Å². The number of carbonyl (C=O) groups excluding carboxylic acids is 1. The minimum Gasteiger partial charge on any atom is -0.497 e. The predicted octanol–water partition coefficient (Wildman–Crippen LogP) is 8.51. The van der Waals surface area contributed by atoms with Gasteiger partial charge < -0.3 is 38.5 Å². The number of methoxy groups -OCH3 is 2. The van der Waals surface area contributed by atoms with Gasteiger partial charge in [-0.05, 0) is 98.8 Å². The van der Waals surface area contributed by atoms with Gasteiger partial charge in [-0.15, -0.1) is 0 Å². The van der Waals surface area contributed by atoms with Crippen LogP contribution in [0.15, 0.2) is 95.9 Å². The number of benzene rings is 3. The van der Waals surface area contributed by atoms with Crippen molar-refractivity contribution in [2.24, 2.45) is 5.92 Å². The molecule has 5 rings (SSSR count). The molecule has 1 unspecified atom stereocenters. The number of nitrogens with one attached hydrogen (secondary N) is 1. The Morgan fingerprint density at radius 2 is 1.51 bits per heavy atom. The van der Waals surface area contributed by atoms with Crippen molar-refractivity contribution in [2.45, 2.75) is 121 Å². The summed E-state index contributed by atoms with van der Waals surface area (Å²) in [5, 5.41) is 12.2. The summed E-state index contributed by atoms with van der Waals surface area (Å²) in [4.78, 5) is 52.2. The highest BCUT2D eigenvalue weighted by atomic mass is 31.2. The largest absolute Gasteiger partial charge is 0.497 e. The van der Waals surface area contributed by atoms with Crippen molar-refractivity contribution in [3.05, 3.63) is 118 Å². The maximum Gasteiger partial charge on any atom is 0.351 e. The van der Waals surface area contributed by atoms with Gasteiger partial charge in [0, 0.05) is 37.0 Å². The lowest BCUT2D eigenvalue weighted by Crippen LogP contribution is -2.52. The lowest BCUT2D eigenvalue weighted by atomic mass is 9.79. The van der Waals surface area contributed by atoms with Gasteiger partial charge in [0.15, 0.2) is 14.5 Å². The summed E-state index contributed by atoms with van der Waals surface area (Å²) in [6.07, 6.45) is -0.298. The minimum atomic E-state index is -2.67. The van der Waals surface area contributed by atoms with E-state index in [1.807, 2.05) is 99.6 Å². The van der Waals surface area contributed by atoms with Crippen LogP contribution in [0.1, 0.15) is 90.6 Å². The first-order valence-corrected chi connectivity index (χ1v) is 25.3. The Kier molecular flexibility index (Phi) is 16.2. The van der Waals surface area contributed by atoms with Crippen LogP contribution in [-0.4, -0.2) is 82.8 Å². The molecule has 0 radical (unpaired) electrons. The van der Waals surface area contributed by atoms with Crippen molar-refractivity contribution >= 4 is 28.6 Å². The molecule has 0 spiro atoms. The number of anilines is 1. The fourth-order valence-electron chi connectivity index (χ4n) is 8.40. The molecule has 1 saturated heterocycles. The molecule has 0 aliphatic carbocycles. The number of rotatable bonds is 19. The van der Waals surface area contributed by atoms with Gasteiger partial charge in [0.2, 0.25) is 5.91 Å². The standard InChI is InChI=1S/C47H64N5O9PSi/c1-32(2)52(62(55)56)46(7,27-15-28-48)30-39-40(60-43(42(39)61-63(10,11)45(4,5)6)51-29-26-41(49-33(3)53)50-44(51)54)31-59-47(34-16-13-12-14-17-34,35-18-22-37(57-8)23-19-35)36-20-24-38(58-9)25-21-36/h12-14,16-26,29,32,39-40,42-43,55-56H,15,27,30-31H2,1-11H3,(H,49,50,53,54)/t39-,40+,42-,43-,46?/m1/s1. The van der Waals surface area contributed by atoms with E-state index in [-0.39, 0.29) is 42.3 Å². The number of hydrogen-bond donors (Lipinski definition) is 3. The summed E-state index contributed by atoms with van der Waals surface area (Å²) in [5.74, 6) is 0.521. The first kappa shape index (κ1) is 49.5. The first-order chi connectivity index (χ1) is 29.7. The molecular formula is C47H64N5O9PSi. The topological polar surface area (TPSA) is 178 Å². The summed E-state index contributed by atoms with van der Waals surface area (Å²) < 4.78 is 36.2. The second-order valence-electron chi connectivity index (χ2n) is 18.1. The molecule has 0 bridgehead atoms. The van der Waals surface area contributed by atoms with Crippen molar-refractivity contribution < 1.29 is 38.0 Å². The van der Waals surface area contributed by atoms with E-state index < -0.39 is 58.0 Å². The maximum absolute atomic E-state index is 14.0. The second-order valence-corrected chi connectivity index (χ2v) is 23.9. The van der Waals surface area contributed by atoms with Crippen LogP contribution in [0.4, 0.5) is 5.82 Å². The van der Waals surface area contributed by atoms with Crippen LogP contribution in [0.25, 0.3) is 0 Å². The highest BCUT2D eigenvalue weighted by molar-refractivity contribution is 7.42. The fourth-order valence-corrected chi connectivity index (χ4v) is 10.8. The summed E-state index contributed by atoms with van der Waals surface area (Å²) in [5.41, 5.74) is -0.384. The summed E-state index contributed by atoms with van der Waals surface area (Å²) in [6.45, 7) is 17.7. The van der Waals surface area contributed by atoms with Crippen molar-refractivity contribution in [3.8, 4) is 17.6 Å². The fraction of sp³-hybridized carbons (Fsp3) is 0.489. The average Bonchev–Trinajstić information content (AvgIpc) is 3.54. The number of aromatic nitrogens is 2. The third-order valence-corrected chi connectivity index (χ3v) is 18.3. The Labute approximate surface area is 374 Å². The normalized spacial score (nSPS) is 19.2. The van der Waals surface area contributed by atoms with Crippen LogP contribution in [0, 0.1) is 17.2 Å². The minimum absolute atomic E-state index is 0.0271. The summed E-state index contributed by atoms with van der Waals surface area (Å²) in [6, 6.07) is 28.9. The molecule has 1 fully saturated rings. The lowest BCUT2D eigenvalue weighted by Gasteiger charge is -2.47. The monoisotopic (exact) mass is 901 g/mol. The molecule has 0 saturated carbocycles. The van der Waals surface area contributed by atoms with E-state index in [9.17, 15) is 24.6 Å². The molecule has 3 aromatic carbocycles. The first-order valence-electron chi connectivity index (χ1n) is 21.2. The molecule has 63 heavy (non-hydrogen) atoms. The summed E-state index contributed by atoms with van der Waals surface area (Å²) in [7, 11) is -2.04. The number of carbonyl (C=O) groups is 1. The lowest BCUT2D eigenvalue weighted by molar-refractivity contribution is -0.114. The molecule has 1 aliphatic heterocycles. The van der Waals surface area contributed by atoms with Crippen LogP contribution >= 0.6 is 8.53 Å². The van der Waals surface area contributed by atoms with E-state index >= 15 is 0 Å². The number of nitrogens with zero attached hydrogens (tertiary/aromatic N) is 4. The molecule has 1 aromatic heterocycles. The highest BCUT2D eigenvalue weighted by Crippen LogP contribution is 2.51. The van der Waals surface area contributed by atoms with Gasteiger partial charge in [-0.25, -0.2) is 9.46 Å². The van der Waals surface area contributed by atoms with E-state index in [1.54, 1.807) is 31.2 Å². The third kappa shape index (κ3) is 11.1. The Hall–Kier alpha value is -4.49. The van der Waals surface area contributed by atoms with E-state index in [4.69, 9.17) is 23.4 Å². The van der Waals surface area contributed by atoms with Gasteiger partial charge in [-0.3, -0.25) is 9.36 Å². The van der Waals surface area contributed by atoms with Crippen LogP contribution in [0.3, 0.4) is 0 Å². The quantitative estimate of drug-likeness (QED) is 0.0465. The SMILES string of the molecule is COc1ccc(C(OC[C@@H]2O[C@@H](n3ccc(NC(C)=O)nc3=O)[C@H](O[Si](C)(C)C(C)(C)C)[C@@H]2CC(C)(CCC#N)N(C(C)C)P(O)O)(c2ccccc2)c2ccc(OC)cc2)cc1. The van der Waals surface area contributed by atoms with Gasteiger partial charge in [0.1, 0.15) is 22.9 Å². The van der Waals surface area contributed by atoms with E-state index in [0.29, 0.717) is 17.9 Å². The van der Waals surface area contributed by atoms with Gasteiger partial charge in [0.05, 0.1) is 39.1 Å². The zero-order valence-electron chi connectivity index (χ0n) is 38.4. The van der Waals surface area contributed by atoms with E-state index in [2.05, 4.69) is 50.2 Å². The Morgan fingerprint density at radius 1 is 0.952 bits per heavy atom. The molecule has 1 amide bonds. The Bertz CT molecular complexity index is 2170. The van der Waals surface area contributed by atoms with Crippen LogP contribution < -0.4 is 20.5 Å². The molecule has 5 atom stereocenters. The average molecular weight is 902 g/mol. The molecule has 14 nitrogen and oxygen atoms in total. The zero-order valence-corrected chi connectivity index (χ0v) is 40.3. The molecule has 16 heteroatoms. The number of amides is 1. The maximum atomic E-state index is 14.0. The van der Waals surface area contributed by atoms with E-state index in [0.717, 1.165) is 16.7 Å². The summed E-state index contributed by atoms with van der Waals surface area (Å²) >= 11 is 0. The smallest absolute Gasteiger partial charge is 0.351 e. The number of nitriles is 1. The molecule has 3 N–H and O–H groups in total. The van der Waals surface area contributed by atoms with Gasteiger partial charge in [-0.2, -0.15) is 10.2 Å². The number of ether oxygens (including phenoxy) is 4. The van der Waals surface area contributed by atoms with Crippen molar-refractivity contribution in [2.75, 3.05) is 26.1 Å². The van der Waals surface area contributed by atoms with Gasteiger partial charge >= 0.3 is 5.69 Å². The van der Waals surface area contributed by atoms with Gasteiger partial charge in [0.25, 0.3) is 8.53 Å². The molecule has 1 aliphatic rings.